The van der Waals surface area contributed by atoms with Crippen molar-refractivity contribution in [2.75, 3.05) is 27.2 Å². The van der Waals surface area contributed by atoms with E-state index in [1.165, 1.54) is 7.11 Å². The van der Waals surface area contributed by atoms with Gasteiger partial charge in [-0.3, -0.25) is 4.79 Å². The lowest BCUT2D eigenvalue weighted by molar-refractivity contribution is -0.864. The first-order chi connectivity index (χ1) is 8.02. The molecule has 1 N–H and O–H groups in total. The molecule has 0 amide bonds. The molecule has 1 aromatic carbocycles. The van der Waals surface area contributed by atoms with Gasteiger partial charge in [0.2, 0.25) is 5.78 Å². The van der Waals surface area contributed by atoms with Gasteiger partial charge in [0.15, 0.2) is 0 Å². The summed E-state index contributed by atoms with van der Waals surface area (Å²) in [5.41, 5.74) is 0.516. The van der Waals surface area contributed by atoms with Crippen LogP contribution in [-0.2, 0) is 4.79 Å². The Bertz CT molecular complexity index is 417. The lowest BCUT2D eigenvalue weighted by Gasteiger charge is -2.13. The molecule has 0 aliphatic rings. The van der Waals surface area contributed by atoms with E-state index in [2.05, 4.69) is 0 Å². The Kier molecular flexibility index (Phi) is 4.66. The first-order valence-corrected chi connectivity index (χ1v) is 5.21. The van der Waals surface area contributed by atoms with Crippen LogP contribution in [0.5, 0.6) is 5.75 Å². The van der Waals surface area contributed by atoms with E-state index in [-0.39, 0.29) is 18.9 Å². The summed E-state index contributed by atoms with van der Waals surface area (Å²) in [7, 11) is 3.16. The zero-order valence-corrected chi connectivity index (χ0v) is 9.86. The zero-order chi connectivity index (χ0) is 12.8. The third kappa shape index (κ3) is 4.24. The Morgan fingerprint density at radius 3 is 2.65 bits per heavy atom. The lowest BCUT2D eigenvalue weighted by Crippen LogP contribution is -3.11. The van der Waals surface area contributed by atoms with Gasteiger partial charge in [-0.15, -0.1) is 0 Å². The molecule has 5 heteroatoms. The molecule has 0 saturated heterocycles. The number of nitrogens with one attached hydrogen (secondary N) is 1. The normalized spacial score (nSPS) is 11.9. The van der Waals surface area contributed by atoms with Crippen molar-refractivity contribution in [1.29, 1.82) is 0 Å². The number of rotatable bonds is 6. The van der Waals surface area contributed by atoms with Crippen LogP contribution in [0, 0.1) is 0 Å². The molecule has 0 heterocycles. The van der Waals surface area contributed by atoms with Crippen LogP contribution in [0.25, 0.3) is 0 Å². The van der Waals surface area contributed by atoms with Gasteiger partial charge in [-0.1, -0.05) is 12.1 Å². The molecule has 0 bridgehead atoms. The molecule has 5 nitrogen and oxygen atoms in total. The zero-order valence-electron chi connectivity index (χ0n) is 9.86. The number of likely N-dealkylation sites (N-methyl/N-ethyl adjacent to an activating group) is 1. The number of carbonyl (C=O) groups excluding carboxylic acids is 2. The van der Waals surface area contributed by atoms with Gasteiger partial charge in [-0.2, -0.15) is 0 Å². The molecule has 17 heavy (non-hydrogen) atoms. The van der Waals surface area contributed by atoms with E-state index in [0.29, 0.717) is 16.2 Å². The van der Waals surface area contributed by atoms with Crippen molar-refractivity contribution in [2.24, 2.45) is 0 Å². The fourth-order valence-electron chi connectivity index (χ4n) is 1.48. The topological polar surface area (TPSA) is 70.9 Å². The van der Waals surface area contributed by atoms with Crippen LogP contribution < -0.4 is 14.7 Å². The van der Waals surface area contributed by atoms with Crippen molar-refractivity contribution in [1.82, 2.24) is 0 Å². The van der Waals surface area contributed by atoms with Gasteiger partial charge in [-0.25, -0.2) is 0 Å². The van der Waals surface area contributed by atoms with Gasteiger partial charge < -0.3 is 19.5 Å². The van der Waals surface area contributed by atoms with Crippen LogP contribution in [0.2, 0.25) is 0 Å². The van der Waals surface area contributed by atoms with Crippen LogP contribution in [0.3, 0.4) is 0 Å². The van der Waals surface area contributed by atoms with Crippen LogP contribution >= 0.6 is 0 Å². The van der Waals surface area contributed by atoms with Crippen LogP contribution in [0.1, 0.15) is 10.4 Å². The summed E-state index contributed by atoms with van der Waals surface area (Å²) in [4.78, 5) is 22.8. The summed E-state index contributed by atoms with van der Waals surface area (Å²) >= 11 is 0. The Morgan fingerprint density at radius 1 is 1.35 bits per heavy atom. The number of methoxy groups -OCH3 is 1. The number of ether oxygens (including phenoxy) is 1. The number of carbonyl (C=O) groups is 2. The minimum atomic E-state index is -1.17. The summed E-state index contributed by atoms with van der Waals surface area (Å²) in [5.74, 6) is -0.683. The number of benzene rings is 1. The molecule has 0 aromatic heterocycles. The van der Waals surface area contributed by atoms with Crippen molar-refractivity contribution in [3.8, 4) is 5.75 Å². The van der Waals surface area contributed by atoms with Gasteiger partial charge >= 0.3 is 0 Å². The summed E-state index contributed by atoms with van der Waals surface area (Å²) in [6, 6.07) is 6.78. The van der Waals surface area contributed by atoms with E-state index in [9.17, 15) is 14.7 Å². The van der Waals surface area contributed by atoms with Crippen LogP contribution in [0.15, 0.2) is 24.3 Å². The number of hydrogen-bond donors (Lipinski definition) is 1. The standard InChI is InChI=1S/C12H15NO4/c1-13(8-12(15)16)7-11(14)9-4-3-5-10(6-9)17-2/h3-6H,7-8H2,1-2H3,(H,15,16). The lowest BCUT2D eigenvalue weighted by atomic mass is 10.1. The fraction of sp³-hybridized carbons (Fsp3) is 0.333. The highest BCUT2D eigenvalue weighted by Crippen LogP contribution is 2.12. The van der Waals surface area contributed by atoms with Gasteiger partial charge in [0.05, 0.1) is 20.1 Å². The predicted molar refractivity (Wildman–Crippen MR) is 59.0 cm³/mol. The molecular weight excluding hydrogens is 222 g/mol. The second-order valence-corrected chi connectivity index (χ2v) is 3.84. The smallest absolute Gasteiger partial charge is 0.216 e. The maximum atomic E-state index is 11.8. The van der Waals surface area contributed by atoms with Crippen LogP contribution in [-0.4, -0.2) is 39.0 Å². The van der Waals surface area contributed by atoms with E-state index in [4.69, 9.17) is 4.74 Å². The average molecular weight is 237 g/mol. The third-order valence-electron chi connectivity index (χ3n) is 2.30. The highest BCUT2D eigenvalue weighted by Gasteiger charge is 2.12. The van der Waals surface area contributed by atoms with Crippen LogP contribution in [0.4, 0.5) is 0 Å². The van der Waals surface area contributed by atoms with Gasteiger partial charge in [0, 0.05) is 5.56 Å². The molecular formula is C12H15NO4. The molecule has 0 fully saturated rings. The van der Waals surface area contributed by atoms with E-state index < -0.39 is 5.97 Å². The molecule has 1 atom stereocenters. The average Bonchev–Trinajstić information content (AvgIpc) is 2.27. The van der Waals surface area contributed by atoms with Crippen molar-refractivity contribution in [3.63, 3.8) is 0 Å². The number of aliphatic carboxylic acids is 1. The number of carboxylic acid groups (broad SMARTS) is 1. The summed E-state index contributed by atoms with van der Waals surface area (Å²) in [6.45, 7) is -0.0726. The minimum Gasteiger partial charge on any atom is -0.544 e. The molecule has 1 rings (SSSR count). The first-order valence-electron chi connectivity index (χ1n) is 5.21. The third-order valence-corrected chi connectivity index (χ3v) is 2.30. The van der Waals surface area contributed by atoms with Crippen molar-refractivity contribution in [2.45, 2.75) is 0 Å². The summed E-state index contributed by atoms with van der Waals surface area (Å²) in [5, 5.41) is 10.4. The van der Waals surface area contributed by atoms with Crippen molar-refractivity contribution < 1.29 is 24.3 Å². The predicted octanol–water partition coefficient (Wildman–Crippen LogP) is -1.86. The molecule has 0 aliphatic heterocycles. The summed E-state index contributed by atoms with van der Waals surface area (Å²) in [6.07, 6.45) is 0. The quantitative estimate of drug-likeness (QED) is 0.589. The van der Waals surface area contributed by atoms with E-state index in [1.807, 2.05) is 0 Å². The van der Waals surface area contributed by atoms with Crippen molar-refractivity contribution >= 4 is 11.8 Å². The Labute approximate surface area is 99.6 Å². The molecule has 0 saturated carbocycles. The molecule has 1 unspecified atom stereocenters. The number of quaternary nitrogens is 1. The maximum Gasteiger partial charge on any atom is 0.216 e. The molecule has 92 valence electrons. The molecule has 0 radical (unpaired) electrons. The monoisotopic (exact) mass is 237 g/mol. The summed E-state index contributed by atoms with van der Waals surface area (Å²) < 4.78 is 5.01. The fourth-order valence-corrected chi connectivity index (χ4v) is 1.48. The van der Waals surface area contributed by atoms with Gasteiger partial charge in [0.1, 0.15) is 18.8 Å². The molecule has 1 aromatic rings. The van der Waals surface area contributed by atoms with E-state index in [0.717, 1.165) is 0 Å². The minimum absolute atomic E-state index is 0.112. The van der Waals surface area contributed by atoms with Crippen molar-refractivity contribution in [3.05, 3.63) is 29.8 Å². The Morgan fingerprint density at radius 2 is 2.06 bits per heavy atom. The maximum absolute atomic E-state index is 11.8. The Hall–Kier alpha value is -1.88. The molecule has 0 aliphatic carbocycles. The Balaban J connectivity index is 2.66. The SMILES string of the molecule is COc1cccc(C(=O)C[NH+](C)CC(=O)[O-])c1. The number of ketones is 1. The second-order valence-electron chi connectivity index (χ2n) is 3.84. The van der Waals surface area contributed by atoms with Gasteiger partial charge in [-0.05, 0) is 12.1 Å². The number of hydrogen-bond acceptors (Lipinski definition) is 4. The van der Waals surface area contributed by atoms with E-state index in [1.54, 1.807) is 31.3 Å². The second kappa shape index (κ2) is 6.00. The van der Waals surface area contributed by atoms with Gasteiger partial charge in [0.25, 0.3) is 0 Å². The highest BCUT2D eigenvalue weighted by atomic mass is 16.5. The molecule has 0 spiro atoms. The van der Waals surface area contributed by atoms with E-state index >= 15 is 0 Å². The number of carboxylic acids is 1. The largest absolute Gasteiger partial charge is 0.544 e. The first kappa shape index (κ1) is 13.2. The number of Topliss-reactive ketones (excluding diaryl/α,β-unsaturated/α-hetero) is 1. The highest BCUT2D eigenvalue weighted by molar-refractivity contribution is 5.97.